The number of aromatic nitrogens is 4. The number of para-hydroxylation sites is 2. The average molecular weight is 322 g/mol. The Labute approximate surface area is 138 Å². The second kappa shape index (κ2) is 4.80. The topological polar surface area (TPSA) is 65.3 Å². The van der Waals surface area contributed by atoms with Gasteiger partial charge < -0.3 is 4.52 Å². The van der Waals surface area contributed by atoms with Gasteiger partial charge in [-0.3, -0.25) is 13.8 Å². The molecule has 0 saturated heterocycles. The SMILES string of the molecule is Cc1cc(-c2ncn3c2c(=O)n(C(C)(C)C)c2ccccc23)no1. The lowest BCUT2D eigenvalue weighted by Crippen LogP contribution is -2.35. The van der Waals surface area contributed by atoms with E-state index in [1.54, 1.807) is 12.4 Å². The number of fused-ring (bicyclic) bond motifs is 3. The highest BCUT2D eigenvalue weighted by Crippen LogP contribution is 2.26. The maximum absolute atomic E-state index is 13.3. The summed E-state index contributed by atoms with van der Waals surface area (Å²) in [5, 5.41) is 4.02. The van der Waals surface area contributed by atoms with Gasteiger partial charge in [-0.05, 0) is 39.8 Å². The van der Waals surface area contributed by atoms with Crippen molar-refractivity contribution in [3.63, 3.8) is 0 Å². The van der Waals surface area contributed by atoms with Gasteiger partial charge in [-0.25, -0.2) is 4.98 Å². The van der Waals surface area contributed by atoms with Gasteiger partial charge in [-0.2, -0.15) is 0 Å². The summed E-state index contributed by atoms with van der Waals surface area (Å²) in [5.74, 6) is 0.683. The number of imidazole rings is 1. The Bertz CT molecular complexity index is 1130. The Balaban J connectivity index is 2.22. The summed E-state index contributed by atoms with van der Waals surface area (Å²) < 4.78 is 8.80. The second-order valence-electron chi connectivity index (χ2n) is 6.93. The Morgan fingerprint density at radius 1 is 1.12 bits per heavy atom. The van der Waals surface area contributed by atoms with Crippen molar-refractivity contribution in [1.82, 2.24) is 19.1 Å². The molecule has 0 spiro atoms. The normalized spacial score (nSPS) is 12.3. The van der Waals surface area contributed by atoms with Crippen molar-refractivity contribution in [1.29, 1.82) is 0 Å². The van der Waals surface area contributed by atoms with Gasteiger partial charge in [0.2, 0.25) is 0 Å². The highest BCUT2D eigenvalue weighted by molar-refractivity contribution is 5.84. The lowest BCUT2D eigenvalue weighted by molar-refractivity contribution is 0.398. The zero-order chi connectivity index (χ0) is 17.1. The third-order valence-corrected chi connectivity index (χ3v) is 4.10. The van der Waals surface area contributed by atoms with Crippen LogP contribution in [0.15, 0.2) is 46.0 Å². The average Bonchev–Trinajstić information content (AvgIpc) is 3.12. The number of aryl methyl sites for hydroxylation is 1. The molecular weight excluding hydrogens is 304 g/mol. The van der Waals surface area contributed by atoms with E-state index >= 15 is 0 Å². The van der Waals surface area contributed by atoms with Crippen LogP contribution >= 0.6 is 0 Å². The first-order valence-electron chi connectivity index (χ1n) is 7.83. The molecule has 3 aromatic heterocycles. The fourth-order valence-corrected chi connectivity index (χ4v) is 3.14. The van der Waals surface area contributed by atoms with E-state index < -0.39 is 0 Å². The summed E-state index contributed by atoms with van der Waals surface area (Å²) in [6.45, 7) is 7.88. The summed E-state index contributed by atoms with van der Waals surface area (Å²) in [5.41, 5.74) is 2.98. The third kappa shape index (κ3) is 1.99. The van der Waals surface area contributed by atoms with Crippen LogP contribution in [0.4, 0.5) is 0 Å². The quantitative estimate of drug-likeness (QED) is 0.539. The summed E-state index contributed by atoms with van der Waals surface area (Å²) in [7, 11) is 0. The summed E-state index contributed by atoms with van der Waals surface area (Å²) in [4.78, 5) is 17.7. The van der Waals surface area contributed by atoms with Crippen molar-refractivity contribution >= 4 is 16.6 Å². The van der Waals surface area contributed by atoms with Gasteiger partial charge in [-0.1, -0.05) is 17.3 Å². The zero-order valence-corrected chi connectivity index (χ0v) is 14.1. The van der Waals surface area contributed by atoms with Gasteiger partial charge in [0.15, 0.2) is 0 Å². The van der Waals surface area contributed by atoms with Crippen molar-refractivity contribution in [2.24, 2.45) is 0 Å². The minimum Gasteiger partial charge on any atom is -0.361 e. The molecule has 4 rings (SSSR count). The number of benzene rings is 1. The van der Waals surface area contributed by atoms with Crippen LogP contribution in [0.1, 0.15) is 26.5 Å². The van der Waals surface area contributed by atoms with Gasteiger partial charge in [0.05, 0.1) is 11.0 Å². The fraction of sp³-hybridized carbons (Fsp3) is 0.278. The lowest BCUT2D eigenvalue weighted by atomic mass is 10.1. The van der Waals surface area contributed by atoms with E-state index in [0.717, 1.165) is 11.0 Å². The summed E-state index contributed by atoms with van der Waals surface area (Å²) in [6, 6.07) is 9.64. The zero-order valence-electron chi connectivity index (χ0n) is 14.1. The molecule has 3 heterocycles. The predicted molar refractivity (Wildman–Crippen MR) is 92.2 cm³/mol. The van der Waals surface area contributed by atoms with Crippen molar-refractivity contribution in [2.45, 2.75) is 33.2 Å². The molecule has 0 amide bonds. The number of hydrogen-bond acceptors (Lipinski definition) is 4. The number of rotatable bonds is 1. The molecule has 24 heavy (non-hydrogen) atoms. The third-order valence-electron chi connectivity index (χ3n) is 4.10. The van der Waals surface area contributed by atoms with E-state index in [4.69, 9.17) is 4.52 Å². The minimum absolute atomic E-state index is 0.0886. The molecule has 0 bridgehead atoms. The van der Waals surface area contributed by atoms with Gasteiger partial charge in [0, 0.05) is 11.6 Å². The van der Waals surface area contributed by atoms with Crippen LogP contribution in [0.25, 0.3) is 27.9 Å². The van der Waals surface area contributed by atoms with Crippen molar-refractivity contribution in [2.75, 3.05) is 0 Å². The molecule has 4 aromatic rings. The van der Waals surface area contributed by atoms with Gasteiger partial charge >= 0.3 is 0 Å². The van der Waals surface area contributed by atoms with E-state index in [1.165, 1.54) is 0 Å². The Morgan fingerprint density at radius 2 is 1.83 bits per heavy atom. The summed E-state index contributed by atoms with van der Waals surface area (Å²) in [6.07, 6.45) is 1.67. The van der Waals surface area contributed by atoms with Crippen LogP contribution in [0, 0.1) is 6.92 Å². The molecular formula is C18H18N4O2. The Kier molecular flexibility index (Phi) is 2.94. The molecule has 6 heteroatoms. The van der Waals surface area contributed by atoms with Crippen molar-refractivity contribution < 1.29 is 4.52 Å². The molecule has 0 atom stereocenters. The second-order valence-corrected chi connectivity index (χ2v) is 6.93. The minimum atomic E-state index is -0.361. The smallest absolute Gasteiger partial charge is 0.278 e. The molecule has 0 radical (unpaired) electrons. The van der Waals surface area contributed by atoms with Crippen LogP contribution in [0.3, 0.4) is 0 Å². The van der Waals surface area contributed by atoms with E-state index in [1.807, 2.05) is 60.9 Å². The molecule has 0 aliphatic carbocycles. The fourth-order valence-electron chi connectivity index (χ4n) is 3.14. The predicted octanol–water partition coefficient (Wildman–Crippen LogP) is 3.37. The van der Waals surface area contributed by atoms with E-state index in [2.05, 4.69) is 10.1 Å². The summed E-state index contributed by atoms with van der Waals surface area (Å²) >= 11 is 0. The van der Waals surface area contributed by atoms with Crippen LogP contribution < -0.4 is 5.56 Å². The highest BCUT2D eigenvalue weighted by Gasteiger charge is 2.24. The molecule has 1 aromatic carbocycles. The van der Waals surface area contributed by atoms with Crippen LogP contribution in [-0.2, 0) is 5.54 Å². The van der Waals surface area contributed by atoms with Crippen molar-refractivity contribution in [3.05, 3.63) is 52.8 Å². The lowest BCUT2D eigenvalue weighted by Gasteiger charge is -2.25. The van der Waals surface area contributed by atoms with Gasteiger partial charge in [0.1, 0.15) is 29.0 Å². The largest absolute Gasteiger partial charge is 0.361 e. The van der Waals surface area contributed by atoms with Crippen LogP contribution in [0.2, 0.25) is 0 Å². The van der Waals surface area contributed by atoms with Gasteiger partial charge in [-0.15, -0.1) is 0 Å². The molecule has 0 aliphatic rings. The number of hydrogen-bond donors (Lipinski definition) is 0. The molecule has 0 saturated carbocycles. The standard InChI is InChI=1S/C18H18N4O2/c1-11-9-12(20-24-11)15-16-17(23)22(18(2,3)4)14-8-6-5-7-13(14)21(16)10-19-15/h5-10H,1-4H3. The molecule has 122 valence electrons. The molecule has 0 N–H and O–H groups in total. The molecule has 0 fully saturated rings. The Morgan fingerprint density at radius 3 is 2.46 bits per heavy atom. The van der Waals surface area contributed by atoms with E-state index in [0.29, 0.717) is 22.7 Å². The number of nitrogens with zero attached hydrogens (tertiary/aromatic N) is 4. The maximum Gasteiger partial charge on any atom is 0.278 e. The molecule has 0 aliphatic heterocycles. The first kappa shape index (κ1) is 14.7. The van der Waals surface area contributed by atoms with E-state index in [-0.39, 0.29) is 11.1 Å². The highest BCUT2D eigenvalue weighted by atomic mass is 16.5. The van der Waals surface area contributed by atoms with Gasteiger partial charge in [0.25, 0.3) is 5.56 Å². The molecule has 0 unspecified atom stereocenters. The Hall–Kier alpha value is -2.89. The van der Waals surface area contributed by atoms with Crippen molar-refractivity contribution in [3.8, 4) is 11.4 Å². The van der Waals surface area contributed by atoms with Crippen LogP contribution in [0.5, 0.6) is 0 Å². The first-order chi connectivity index (χ1) is 11.4. The molecule has 6 nitrogen and oxygen atoms in total. The maximum atomic E-state index is 13.3. The monoisotopic (exact) mass is 322 g/mol. The van der Waals surface area contributed by atoms with Crippen LogP contribution in [-0.4, -0.2) is 19.1 Å². The first-order valence-corrected chi connectivity index (χ1v) is 7.83. The van der Waals surface area contributed by atoms with E-state index in [9.17, 15) is 4.79 Å².